The summed E-state index contributed by atoms with van der Waals surface area (Å²) in [6, 6.07) is 16.1. The molecule has 1 N–H and O–H groups in total. The highest BCUT2D eigenvalue weighted by molar-refractivity contribution is 5.80. The molecule has 0 bridgehead atoms. The first kappa shape index (κ1) is 15.6. The lowest BCUT2D eigenvalue weighted by Crippen LogP contribution is -2.35. The molecular weight excluding hydrogens is 286 g/mol. The number of rotatable bonds is 5. The lowest BCUT2D eigenvalue weighted by atomic mass is 9.92. The van der Waals surface area contributed by atoms with Gasteiger partial charge in [0.1, 0.15) is 5.75 Å². The van der Waals surface area contributed by atoms with Gasteiger partial charge in [0.25, 0.3) is 5.91 Å². The average molecular weight is 309 g/mol. The molecule has 23 heavy (non-hydrogen) atoms. The fourth-order valence-corrected chi connectivity index (χ4v) is 2.97. The molecule has 0 aromatic heterocycles. The summed E-state index contributed by atoms with van der Waals surface area (Å²) in [5, 5.41) is 2.92. The maximum absolute atomic E-state index is 12.2. The van der Waals surface area contributed by atoms with E-state index in [-0.39, 0.29) is 5.91 Å². The largest absolute Gasteiger partial charge is 0.481 e. The first-order valence-electron chi connectivity index (χ1n) is 8.32. The molecule has 0 spiro atoms. The lowest BCUT2D eigenvalue weighted by Gasteiger charge is -2.19. The van der Waals surface area contributed by atoms with Gasteiger partial charge in [-0.3, -0.25) is 4.79 Å². The molecule has 2 aromatic carbocycles. The van der Waals surface area contributed by atoms with Crippen LogP contribution in [-0.4, -0.2) is 12.0 Å². The monoisotopic (exact) mass is 309 g/mol. The summed E-state index contributed by atoms with van der Waals surface area (Å²) in [7, 11) is 0. The molecule has 1 aliphatic carbocycles. The number of hydrogen-bond acceptors (Lipinski definition) is 2. The summed E-state index contributed by atoms with van der Waals surface area (Å²) >= 11 is 0. The number of carbonyl (C=O) groups is 1. The van der Waals surface area contributed by atoms with Crippen LogP contribution in [0.4, 0.5) is 0 Å². The topological polar surface area (TPSA) is 38.3 Å². The minimum absolute atomic E-state index is 0.0911. The van der Waals surface area contributed by atoms with Crippen LogP contribution in [-0.2, 0) is 24.2 Å². The van der Waals surface area contributed by atoms with E-state index in [2.05, 4.69) is 17.4 Å². The van der Waals surface area contributed by atoms with Gasteiger partial charge in [-0.1, -0.05) is 36.4 Å². The van der Waals surface area contributed by atoms with Crippen molar-refractivity contribution in [2.45, 2.75) is 45.3 Å². The third-order valence-corrected chi connectivity index (χ3v) is 4.31. The van der Waals surface area contributed by atoms with E-state index in [0.717, 1.165) is 24.2 Å². The van der Waals surface area contributed by atoms with Gasteiger partial charge in [-0.25, -0.2) is 0 Å². The number of hydrogen-bond donors (Lipinski definition) is 1. The molecular formula is C20H23NO2. The van der Waals surface area contributed by atoms with Gasteiger partial charge in [0.05, 0.1) is 0 Å². The third kappa shape index (κ3) is 4.13. The van der Waals surface area contributed by atoms with Crippen LogP contribution >= 0.6 is 0 Å². The summed E-state index contributed by atoms with van der Waals surface area (Å²) < 4.78 is 5.82. The van der Waals surface area contributed by atoms with Crippen molar-refractivity contribution in [2.75, 3.05) is 0 Å². The van der Waals surface area contributed by atoms with E-state index in [0.29, 0.717) is 6.54 Å². The number of aryl methyl sites for hydroxylation is 2. The number of benzene rings is 2. The number of carbonyl (C=O) groups excluding carboxylic acids is 1. The lowest BCUT2D eigenvalue weighted by molar-refractivity contribution is -0.127. The Morgan fingerprint density at radius 2 is 1.83 bits per heavy atom. The molecule has 120 valence electrons. The van der Waals surface area contributed by atoms with Gasteiger partial charge in [-0.05, 0) is 61.4 Å². The van der Waals surface area contributed by atoms with Crippen molar-refractivity contribution in [3.63, 3.8) is 0 Å². The van der Waals surface area contributed by atoms with E-state index in [1.165, 1.54) is 24.0 Å². The van der Waals surface area contributed by atoms with Crippen molar-refractivity contribution in [1.29, 1.82) is 0 Å². The molecule has 3 rings (SSSR count). The highest BCUT2D eigenvalue weighted by Gasteiger charge is 2.16. The molecule has 0 aliphatic heterocycles. The Balaban J connectivity index is 1.55. The van der Waals surface area contributed by atoms with Crippen molar-refractivity contribution in [3.05, 3.63) is 65.2 Å². The van der Waals surface area contributed by atoms with Crippen molar-refractivity contribution >= 4 is 5.91 Å². The minimum Gasteiger partial charge on any atom is -0.481 e. The van der Waals surface area contributed by atoms with Crippen molar-refractivity contribution in [1.82, 2.24) is 5.32 Å². The van der Waals surface area contributed by atoms with Gasteiger partial charge >= 0.3 is 0 Å². The van der Waals surface area contributed by atoms with Gasteiger partial charge in [-0.2, -0.15) is 0 Å². The minimum atomic E-state index is -0.500. The predicted molar refractivity (Wildman–Crippen MR) is 91.5 cm³/mol. The van der Waals surface area contributed by atoms with Gasteiger partial charge < -0.3 is 10.1 Å². The average Bonchev–Trinajstić information content (AvgIpc) is 2.60. The molecule has 0 heterocycles. The van der Waals surface area contributed by atoms with Gasteiger partial charge in [-0.15, -0.1) is 0 Å². The van der Waals surface area contributed by atoms with Crippen LogP contribution in [0, 0.1) is 0 Å². The molecule has 0 radical (unpaired) electrons. The van der Waals surface area contributed by atoms with Gasteiger partial charge in [0.15, 0.2) is 6.10 Å². The zero-order valence-electron chi connectivity index (χ0n) is 13.5. The fourth-order valence-electron chi connectivity index (χ4n) is 2.97. The number of amides is 1. The molecule has 1 atom stereocenters. The number of ether oxygens (including phenoxy) is 1. The Hall–Kier alpha value is -2.29. The first-order chi connectivity index (χ1) is 11.2. The molecule has 1 aliphatic rings. The van der Waals surface area contributed by atoms with Gasteiger partial charge in [0, 0.05) is 6.54 Å². The summed E-state index contributed by atoms with van der Waals surface area (Å²) in [5.41, 5.74) is 3.87. The Bertz CT molecular complexity index is 667. The van der Waals surface area contributed by atoms with Gasteiger partial charge in [0.2, 0.25) is 0 Å². The summed E-state index contributed by atoms with van der Waals surface area (Å²) in [4.78, 5) is 12.2. The van der Waals surface area contributed by atoms with Crippen LogP contribution in [0.3, 0.4) is 0 Å². The molecule has 1 amide bonds. The van der Waals surface area contributed by atoms with Crippen LogP contribution in [0.15, 0.2) is 48.5 Å². The molecule has 0 unspecified atom stereocenters. The highest BCUT2D eigenvalue weighted by atomic mass is 16.5. The molecule has 0 saturated carbocycles. The van der Waals surface area contributed by atoms with Crippen molar-refractivity contribution < 1.29 is 9.53 Å². The predicted octanol–water partition coefficient (Wildman–Crippen LogP) is 3.65. The molecule has 2 aromatic rings. The van der Waals surface area contributed by atoms with Crippen molar-refractivity contribution in [2.24, 2.45) is 0 Å². The third-order valence-electron chi connectivity index (χ3n) is 4.31. The van der Waals surface area contributed by atoms with E-state index in [9.17, 15) is 4.79 Å². The normalized spacial score (nSPS) is 14.7. The molecule has 0 saturated heterocycles. The highest BCUT2D eigenvalue weighted by Crippen LogP contribution is 2.25. The maximum atomic E-state index is 12.2. The van der Waals surface area contributed by atoms with E-state index in [4.69, 9.17) is 4.74 Å². The molecule has 3 heteroatoms. The Morgan fingerprint density at radius 3 is 2.61 bits per heavy atom. The van der Waals surface area contributed by atoms with Crippen LogP contribution in [0.5, 0.6) is 5.75 Å². The zero-order chi connectivity index (χ0) is 16.1. The second kappa shape index (κ2) is 7.32. The van der Waals surface area contributed by atoms with E-state index in [1.54, 1.807) is 6.92 Å². The zero-order valence-corrected chi connectivity index (χ0v) is 13.5. The Kier molecular flexibility index (Phi) is 4.96. The van der Waals surface area contributed by atoms with E-state index < -0.39 is 6.10 Å². The van der Waals surface area contributed by atoms with E-state index in [1.807, 2.05) is 36.4 Å². The Labute approximate surface area is 137 Å². The summed E-state index contributed by atoms with van der Waals surface area (Å²) in [5.74, 6) is 0.694. The van der Waals surface area contributed by atoms with Crippen LogP contribution in [0.1, 0.15) is 36.5 Å². The summed E-state index contributed by atoms with van der Waals surface area (Å²) in [6.07, 6.45) is 4.28. The standard InChI is InChI=1S/C20H23NO2/c1-15(20(22)21-14-16-7-3-2-4-8-16)23-19-12-11-17-9-5-6-10-18(17)13-19/h2-4,7-8,11-13,15H,5-6,9-10,14H2,1H3,(H,21,22)/t15-/m0/s1. The van der Waals surface area contributed by atoms with Crippen LogP contribution < -0.4 is 10.1 Å². The summed E-state index contributed by atoms with van der Waals surface area (Å²) in [6.45, 7) is 2.32. The SMILES string of the molecule is C[C@H](Oc1ccc2c(c1)CCCC2)C(=O)NCc1ccccc1. The maximum Gasteiger partial charge on any atom is 0.261 e. The number of nitrogens with one attached hydrogen (secondary N) is 1. The second-order valence-electron chi connectivity index (χ2n) is 6.10. The van der Waals surface area contributed by atoms with Crippen LogP contribution in [0.2, 0.25) is 0 Å². The van der Waals surface area contributed by atoms with Crippen LogP contribution in [0.25, 0.3) is 0 Å². The second-order valence-corrected chi connectivity index (χ2v) is 6.10. The molecule has 0 fully saturated rings. The van der Waals surface area contributed by atoms with Crippen molar-refractivity contribution in [3.8, 4) is 5.75 Å². The smallest absolute Gasteiger partial charge is 0.261 e. The van der Waals surface area contributed by atoms with E-state index >= 15 is 0 Å². The quantitative estimate of drug-likeness (QED) is 0.915. The Morgan fingerprint density at radius 1 is 1.09 bits per heavy atom. The first-order valence-corrected chi connectivity index (χ1v) is 8.32. The fraction of sp³-hybridized carbons (Fsp3) is 0.350. The number of fused-ring (bicyclic) bond motifs is 1. The molecule has 3 nitrogen and oxygen atoms in total.